The van der Waals surface area contributed by atoms with E-state index in [0.29, 0.717) is 19.4 Å². The Morgan fingerprint density at radius 1 is 1.24 bits per heavy atom. The van der Waals surface area contributed by atoms with Gasteiger partial charge in [-0.1, -0.05) is 29.8 Å². The monoisotopic (exact) mass is 235 g/mol. The Hall–Kier alpha value is -1.35. The molecule has 0 aromatic heterocycles. The summed E-state index contributed by atoms with van der Waals surface area (Å²) in [6.45, 7) is 2.86. The third kappa shape index (κ3) is 5.00. The molecule has 1 aromatic carbocycles. The van der Waals surface area contributed by atoms with E-state index in [4.69, 9.17) is 5.11 Å². The SMILES string of the molecule is Cc1ccc(CN(C)C(=O)CCCCO)cc1. The van der Waals surface area contributed by atoms with Crippen molar-refractivity contribution < 1.29 is 9.90 Å². The van der Waals surface area contributed by atoms with Crippen molar-refractivity contribution in [3.05, 3.63) is 35.4 Å². The van der Waals surface area contributed by atoms with Crippen LogP contribution in [0, 0.1) is 6.92 Å². The summed E-state index contributed by atoms with van der Waals surface area (Å²) >= 11 is 0. The lowest BCUT2D eigenvalue weighted by Gasteiger charge is -2.17. The predicted molar refractivity (Wildman–Crippen MR) is 68.6 cm³/mol. The summed E-state index contributed by atoms with van der Waals surface area (Å²) in [5.74, 6) is 0.138. The van der Waals surface area contributed by atoms with Gasteiger partial charge in [0.05, 0.1) is 0 Å². The Morgan fingerprint density at radius 2 is 1.88 bits per heavy atom. The maximum atomic E-state index is 11.7. The van der Waals surface area contributed by atoms with Crippen LogP contribution in [0.5, 0.6) is 0 Å². The van der Waals surface area contributed by atoms with Gasteiger partial charge >= 0.3 is 0 Å². The summed E-state index contributed by atoms with van der Waals surface area (Å²) in [6.07, 6.45) is 1.97. The predicted octanol–water partition coefficient (Wildman–Crippen LogP) is 2.12. The van der Waals surface area contributed by atoms with Gasteiger partial charge in [-0.25, -0.2) is 0 Å². The highest BCUT2D eigenvalue weighted by Gasteiger charge is 2.08. The van der Waals surface area contributed by atoms with Crippen LogP contribution in [0.15, 0.2) is 24.3 Å². The van der Waals surface area contributed by atoms with Gasteiger partial charge in [-0.15, -0.1) is 0 Å². The first-order chi connectivity index (χ1) is 8.13. The molecule has 0 saturated heterocycles. The van der Waals surface area contributed by atoms with Crippen molar-refractivity contribution >= 4 is 5.91 Å². The number of aryl methyl sites for hydroxylation is 1. The zero-order valence-electron chi connectivity index (χ0n) is 10.6. The lowest BCUT2D eigenvalue weighted by Crippen LogP contribution is -2.25. The fourth-order valence-corrected chi connectivity index (χ4v) is 1.63. The average molecular weight is 235 g/mol. The lowest BCUT2D eigenvalue weighted by atomic mass is 10.1. The molecule has 0 aliphatic rings. The number of aliphatic hydroxyl groups is 1. The molecule has 0 radical (unpaired) electrons. The number of hydrogen-bond donors (Lipinski definition) is 1. The van der Waals surface area contributed by atoms with Gasteiger partial charge in [0.15, 0.2) is 0 Å². The van der Waals surface area contributed by atoms with Gasteiger partial charge < -0.3 is 10.0 Å². The van der Waals surface area contributed by atoms with Gasteiger partial charge in [0.2, 0.25) is 5.91 Å². The number of carbonyl (C=O) groups is 1. The number of unbranched alkanes of at least 4 members (excludes halogenated alkanes) is 1. The molecule has 1 rings (SSSR count). The van der Waals surface area contributed by atoms with E-state index in [-0.39, 0.29) is 12.5 Å². The van der Waals surface area contributed by atoms with Crippen LogP contribution in [0.3, 0.4) is 0 Å². The summed E-state index contributed by atoms with van der Waals surface area (Å²) in [5, 5.41) is 8.65. The van der Waals surface area contributed by atoms with Crippen molar-refractivity contribution in [2.24, 2.45) is 0 Å². The van der Waals surface area contributed by atoms with Crippen molar-refractivity contribution in [3.63, 3.8) is 0 Å². The number of rotatable bonds is 6. The van der Waals surface area contributed by atoms with Crippen LogP contribution in [-0.4, -0.2) is 29.6 Å². The fourth-order valence-electron chi connectivity index (χ4n) is 1.63. The number of carbonyl (C=O) groups excluding carboxylic acids is 1. The topological polar surface area (TPSA) is 40.5 Å². The Balaban J connectivity index is 2.40. The van der Waals surface area contributed by atoms with E-state index >= 15 is 0 Å². The van der Waals surface area contributed by atoms with Crippen LogP contribution < -0.4 is 0 Å². The number of benzene rings is 1. The van der Waals surface area contributed by atoms with E-state index in [1.807, 2.05) is 26.1 Å². The molecule has 0 unspecified atom stereocenters. The van der Waals surface area contributed by atoms with Crippen LogP contribution in [0.2, 0.25) is 0 Å². The smallest absolute Gasteiger partial charge is 0.222 e. The van der Waals surface area contributed by atoms with Crippen LogP contribution in [0.25, 0.3) is 0 Å². The zero-order chi connectivity index (χ0) is 12.7. The van der Waals surface area contributed by atoms with Gasteiger partial charge in [0, 0.05) is 26.6 Å². The Bertz CT molecular complexity index is 346. The normalized spacial score (nSPS) is 10.3. The highest BCUT2D eigenvalue weighted by molar-refractivity contribution is 5.75. The maximum Gasteiger partial charge on any atom is 0.222 e. The summed E-state index contributed by atoms with van der Waals surface area (Å²) in [7, 11) is 1.82. The molecule has 0 heterocycles. The molecule has 3 heteroatoms. The second kappa shape index (κ2) is 7.07. The first kappa shape index (κ1) is 13.7. The van der Waals surface area contributed by atoms with Crippen LogP contribution in [0.1, 0.15) is 30.4 Å². The first-order valence-corrected chi connectivity index (χ1v) is 6.04. The molecule has 0 spiro atoms. The standard InChI is InChI=1S/C14H21NO2/c1-12-6-8-13(9-7-12)11-15(2)14(17)5-3-4-10-16/h6-9,16H,3-5,10-11H2,1-2H3. The van der Waals surface area contributed by atoms with E-state index in [1.54, 1.807) is 4.90 Å². The summed E-state index contributed by atoms with van der Waals surface area (Å²) in [4.78, 5) is 13.5. The van der Waals surface area contributed by atoms with Crippen LogP contribution >= 0.6 is 0 Å². The molecule has 17 heavy (non-hydrogen) atoms. The quantitative estimate of drug-likeness (QED) is 0.767. The molecule has 1 N–H and O–H groups in total. The number of amides is 1. The average Bonchev–Trinajstić information content (AvgIpc) is 2.32. The van der Waals surface area contributed by atoms with Crippen molar-refractivity contribution in [3.8, 4) is 0 Å². The van der Waals surface area contributed by atoms with Crippen molar-refractivity contribution in [1.29, 1.82) is 0 Å². The number of aliphatic hydroxyl groups excluding tert-OH is 1. The maximum absolute atomic E-state index is 11.7. The highest BCUT2D eigenvalue weighted by atomic mass is 16.3. The summed E-state index contributed by atoms with van der Waals surface area (Å²) in [6, 6.07) is 8.21. The summed E-state index contributed by atoms with van der Waals surface area (Å²) in [5.41, 5.74) is 2.37. The molecule has 0 aliphatic carbocycles. The zero-order valence-corrected chi connectivity index (χ0v) is 10.6. The molecule has 0 saturated carbocycles. The van der Waals surface area contributed by atoms with E-state index < -0.39 is 0 Å². The number of nitrogens with zero attached hydrogens (tertiary/aromatic N) is 1. The highest BCUT2D eigenvalue weighted by Crippen LogP contribution is 2.07. The summed E-state index contributed by atoms with van der Waals surface area (Å²) < 4.78 is 0. The van der Waals surface area contributed by atoms with Crippen molar-refractivity contribution in [2.45, 2.75) is 32.7 Å². The molecule has 1 amide bonds. The minimum atomic E-state index is 0.138. The molecule has 0 bridgehead atoms. The Labute approximate surface area is 103 Å². The Kier molecular flexibility index (Phi) is 5.70. The van der Waals surface area contributed by atoms with Gasteiger partial charge in [0.25, 0.3) is 0 Å². The second-order valence-electron chi connectivity index (χ2n) is 4.42. The molecular formula is C14H21NO2. The third-order valence-corrected chi connectivity index (χ3v) is 2.76. The van der Waals surface area contributed by atoms with E-state index in [2.05, 4.69) is 12.1 Å². The minimum Gasteiger partial charge on any atom is -0.396 e. The van der Waals surface area contributed by atoms with Gasteiger partial charge in [0.1, 0.15) is 0 Å². The van der Waals surface area contributed by atoms with Crippen molar-refractivity contribution in [1.82, 2.24) is 4.90 Å². The largest absolute Gasteiger partial charge is 0.396 e. The molecule has 0 fully saturated rings. The van der Waals surface area contributed by atoms with Gasteiger partial charge in [-0.05, 0) is 25.3 Å². The lowest BCUT2D eigenvalue weighted by molar-refractivity contribution is -0.130. The number of hydrogen-bond acceptors (Lipinski definition) is 2. The van der Waals surface area contributed by atoms with E-state index in [0.717, 1.165) is 12.0 Å². The Morgan fingerprint density at radius 3 is 2.47 bits per heavy atom. The molecule has 94 valence electrons. The molecule has 3 nitrogen and oxygen atoms in total. The van der Waals surface area contributed by atoms with Crippen LogP contribution in [-0.2, 0) is 11.3 Å². The molecular weight excluding hydrogens is 214 g/mol. The van der Waals surface area contributed by atoms with Gasteiger partial charge in [-0.2, -0.15) is 0 Å². The fraction of sp³-hybridized carbons (Fsp3) is 0.500. The second-order valence-corrected chi connectivity index (χ2v) is 4.42. The molecule has 1 aromatic rings. The van der Waals surface area contributed by atoms with E-state index in [1.165, 1.54) is 5.56 Å². The third-order valence-electron chi connectivity index (χ3n) is 2.76. The van der Waals surface area contributed by atoms with E-state index in [9.17, 15) is 4.79 Å². The molecule has 0 atom stereocenters. The van der Waals surface area contributed by atoms with Crippen LogP contribution in [0.4, 0.5) is 0 Å². The van der Waals surface area contributed by atoms with Crippen molar-refractivity contribution in [2.75, 3.05) is 13.7 Å². The molecule has 0 aliphatic heterocycles. The minimum absolute atomic E-state index is 0.138. The first-order valence-electron chi connectivity index (χ1n) is 6.04. The van der Waals surface area contributed by atoms with Gasteiger partial charge in [-0.3, -0.25) is 4.79 Å².